The van der Waals surface area contributed by atoms with Crippen LogP contribution in [0.5, 0.6) is 5.75 Å². The number of fused-ring (bicyclic) bond motifs is 1. The van der Waals surface area contributed by atoms with E-state index in [1.54, 1.807) is 24.3 Å². The summed E-state index contributed by atoms with van der Waals surface area (Å²) in [4.78, 5) is 14.6. The highest BCUT2D eigenvalue weighted by Crippen LogP contribution is 2.22. The Morgan fingerprint density at radius 3 is 2.88 bits per heavy atom. The standard InChI is InChI=1S/C18H19N3O3/c1-24-16-8-3-2-5-14(16)12-21(9-10-22)18(23)15-7-4-6-13-11-19-20-17(13)15/h2-8,11,22H,9-10,12H2,1H3,(H,19,20). The Hall–Kier alpha value is -2.86. The van der Waals surface area contributed by atoms with Crippen molar-refractivity contribution >= 4 is 16.8 Å². The van der Waals surface area contributed by atoms with E-state index >= 15 is 0 Å². The van der Waals surface area contributed by atoms with Crippen molar-refractivity contribution in [1.82, 2.24) is 15.1 Å². The van der Waals surface area contributed by atoms with Crippen LogP contribution in [0.15, 0.2) is 48.7 Å². The lowest BCUT2D eigenvalue weighted by Crippen LogP contribution is -2.33. The van der Waals surface area contributed by atoms with Gasteiger partial charge in [-0.25, -0.2) is 0 Å². The lowest BCUT2D eigenvalue weighted by molar-refractivity contribution is 0.0708. The second-order valence-corrected chi connectivity index (χ2v) is 5.40. The first-order chi connectivity index (χ1) is 11.7. The molecule has 3 rings (SSSR count). The molecule has 2 N–H and O–H groups in total. The SMILES string of the molecule is COc1ccccc1CN(CCO)C(=O)c1cccc2cn[nH]c12. The molecule has 24 heavy (non-hydrogen) atoms. The van der Waals surface area contributed by atoms with Crippen molar-refractivity contribution < 1.29 is 14.6 Å². The zero-order valence-electron chi connectivity index (χ0n) is 13.4. The fraction of sp³-hybridized carbons (Fsp3) is 0.222. The van der Waals surface area contributed by atoms with Crippen molar-refractivity contribution in [3.05, 3.63) is 59.8 Å². The summed E-state index contributed by atoms with van der Waals surface area (Å²) in [6.07, 6.45) is 1.68. The molecule has 0 radical (unpaired) electrons. The lowest BCUT2D eigenvalue weighted by Gasteiger charge is -2.23. The van der Waals surface area contributed by atoms with Crippen molar-refractivity contribution in [3.63, 3.8) is 0 Å². The molecule has 1 heterocycles. The molecule has 2 aromatic carbocycles. The van der Waals surface area contributed by atoms with Gasteiger partial charge < -0.3 is 14.7 Å². The molecule has 0 aliphatic heterocycles. The van der Waals surface area contributed by atoms with Gasteiger partial charge in [0.25, 0.3) is 5.91 Å². The summed E-state index contributed by atoms with van der Waals surface area (Å²) in [6, 6.07) is 13.0. The normalized spacial score (nSPS) is 10.8. The number of hydrogen-bond donors (Lipinski definition) is 2. The molecular formula is C18H19N3O3. The predicted octanol–water partition coefficient (Wildman–Crippen LogP) is 2.21. The number of nitrogens with one attached hydrogen (secondary N) is 1. The van der Waals surface area contributed by atoms with Crippen LogP contribution >= 0.6 is 0 Å². The fourth-order valence-corrected chi connectivity index (χ4v) is 2.73. The Kier molecular flexibility index (Phi) is 4.77. The third-order valence-corrected chi connectivity index (χ3v) is 3.92. The Morgan fingerprint density at radius 2 is 2.08 bits per heavy atom. The van der Waals surface area contributed by atoms with E-state index < -0.39 is 0 Å². The molecule has 0 atom stereocenters. The number of rotatable bonds is 6. The minimum atomic E-state index is -0.162. The third kappa shape index (κ3) is 3.09. The van der Waals surface area contributed by atoms with Gasteiger partial charge in [0.1, 0.15) is 5.75 Å². The average Bonchev–Trinajstić information content (AvgIpc) is 3.10. The molecule has 0 unspecified atom stereocenters. The molecule has 1 amide bonds. The number of ether oxygens (including phenoxy) is 1. The molecule has 0 spiro atoms. The summed E-state index contributed by atoms with van der Waals surface area (Å²) < 4.78 is 5.35. The fourth-order valence-electron chi connectivity index (χ4n) is 2.73. The van der Waals surface area contributed by atoms with Gasteiger partial charge in [0, 0.05) is 24.0 Å². The molecule has 6 nitrogen and oxygen atoms in total. The molecule has 3 aromatic rings. The van der Waals surface area contributed by atoms with Crippen LogP contribution in [-0.4, -0.2) is 46.4 Å². The number of aliphatic hydroxyl groups excluding tert-OH is 1. The van der Waals surface area contributed by atoms with Crippen molar-refractivity contribution in [2.45, 2.75) is 6.54 Å². The van der Waals surface area contributed by atoms with E-state index in [4.69, 9.17) is 4.74 Å². The minimum absolute atomic E-state index is 0.111. The first-order valence-electron chi connectivity index (χ1n) is 7.68. The first kappa shape index (κ1) is 16.0. The number of para-hydroxylation sites is 2. The smallest absolute Gasteiger partial charge is 0.256 e. The molecule has 0 fully saturated rings. The molecule has 0 aliphatic rings. The number of nitrogens with zero attached hydrogens (tertiary/aromatic N) is 2. The molecule has 0 saturated carbocycles. The number of benzene rings is 2. The van der Waals surface area contributed by atoms with Crippen LogP contribution in [0.4, 0.5) is 0 Å². The van der Waals surface area contributed by atoms with Crippen LogP contribution in [-0.2, 0) is 6.54 Å². The Balaban J connectivity index is 1.93. The van der Waals surface area contributed by atoms with Gasteiger partial charge in [-0.15, -0.1) is 0 Å². The molecule has 6 heteroatoms. The molecule has 1 aromatic heterocycles. The van der Waals surface area contributed by atoms with Crippen LogP contribution in [0, 0.1) is 0 Å². The largest absolute Gasteiger partial charge is 0.496 e. The van der Waals surface area contributed by atoms with Gasteiger partial charge in [0.05, 0.1) is 31.0 Å². The number of aliphatic hydroxyl groups is 1. The molecule has 0 saturated heterocycles. The van der Waals surface area contributed by atoms with Crippen molar-refractivity contribution in [3.8, 4) is 5.75 Å². The van der Waals surface area contributed by atoms with E-state index in [2.05, 4.69) is 10.2 Å². The van der Waals surface area contributed by atoms with Crippen molar-refractivity contribution in [1.29, 1.82) is 0 Å². The predicted molar refractivity (Wildman–Crippen MR) is 90.9 cm³/mol. The van der Waals surface area contributed by atoms with Crippen LogP contribution in [0.1, 0.15) is 15.9 Å². The van der Waals surface area contributed by atoms with Crippen molar-refractivity contribution in [2.24, 2.45) is 0 Å². The van der Waals surface area contributed by atoms with Gasteiger partial charge in [0.2, 0.25) is 0 Å². The second-order valence-electron chi connectivity index (χ2n) is 5.40. The van der Waals surface area contributed by atoms with Crippen LogP contribution in [0.3, 0.4) is 0 Å². The van der Waals surface area contributed by atoms with Crippen molar-refractivity contribution in [2.75, 3.05) is 20.3 Å². The summed E-state index contributed by atoms with van der Waals surface area (Å²) in [5.74, 6) is 0.554. The Morgan fingerprint density at radius 1 is 1.25 bits per heavy atom. The maximum Gasteiger partial charge on any atom is 0.256 e. The van der Waals surface area contributed by atoms with E-state index in [1.165, 1.54) is 0 Å². The van der Waals surface area contributed by atoms with E-state index in [9.17, 15) is 9.90 Å². The third-order valence-electron chi connectivity index (χ3n) is 3.92. The van der Waals surface area contributed by atoms with Gasteiger partial charge in [-0.05, 0) is 12.1 Å². The van der Waals surface area contributed by atoms with E-state index in [1.807, 2.05) is 36.4 Å². The van der Waals surface area contributed by atoms with Gasteiger partial charge in [-0.1, -0.05) is 30.3 Å². The maximum absolute atomic E-state index is 13.0. The number of hydrogen-bond acceptors (Lipinski definition) is 4. The van der Waals surface area contributed by atoms with Crippen LogP contribution < -0.4 is 4.74 Å². The monoisotopic (exact) mass is 325 g/mol. The second kappa shape index (κ2) is 7.14. The number of aromatic nitrogens is 2. The highest BCUT2D eigenvalue weighted by Gasteiger charge is 2.20. The van der Waals surface area contributed by atoms with Gasteiger partial charge >= 0.3 is 0 Å². The maximum atomic E-state index is 13.0. The van der Waals surface area contributed by atoms with Gasteiger partial charge in [-0.2, -0.15) is 5.10 Å². The topological polar surface area (TPSA) is 78.5 Å². The Bertz CT molecular complexity index is 844. The van der Waals surface area contributed by atoms with Crippen LogP contribution in [0.25, 0.3) is 10.9 Å². The number of methoxy groups -OCH3 is 1. The summed E-state index contributed by atoms with van der Waals surface area (Å²) in [7, 11) is 1.60. The molecule has 124 valence electrons. The summed E-state index contributed by atoms with van der Waals surface area (Å²) in [6.45, 7) is 0.481. The number of H-pyrrole nitrogens is 1. The van der Waals surface area contributed by atoms with E-state index in [0.717, 1.165) is 10.9 Å². The van der Waals surface area contributed by atoms with Gasteiger partial charge in [-0.3, -0.25) is 9.89 Å². The Labute approximate surface area is 139 Å². The zero-order chi connectivity index (χ0) is 16.9. The molecular weight excluding hydrogens is 306 g/mol. The average molecular weight is 325 g/mol. The molecule has 0 bridgehead atoms. The minimum Gasteiger partial charge on any atom is -0.496 e. The summed E-state index contributed by atoms with van der Waals surface area (Å²) >= 11 is 0. The number of carbonyl (C=O) groups is 1. The summed E-state index contributed by atoms with van der Waals surface area (Å²) in [5.41, 5.74) is 2.12. The highest BCUT2D eigenvalue weighted by molar-refractivity contribution is 6.05. The number of amides is 1. The number of carbonyl (C=O) groups excluding carboxylic acids is 1. The molecule has 0 aliphatic carbocycles. The highest BCUT2D eigenvalue weighted by atomic mass is 16.5. The van der Waals surface area contributed by atoms with E-state index in [0.29, 0.717) is 23.4 Å². The van der Waals surface area contributed by atoms with E-state index in [-0.39, 0.29) is 19.1 Å². The first-order valence-corrected chi connectivity index (χ1v) is 7.68. The zero-order valence-corrected chi connectivity index (χ0v) is 13.4. The van der Waals surface area contributed by atoms with Gasteiger partial charge in [0.15, 0.2) is 0 Å². The van der Waals surface area contributed by atoms with Crippen LogP contribution in [0.2, 0.25) is 0 Å². The quantitative estimate of drug-likeness (QED) is 0.728. The summed E-state index contributed by atoms with van der Waals surface area (Å²) in [5, 5.41) is 17.1. The lowest BCUT2D eigenvalue weighted by atomic mass is 10.1. The number of aromatic amines is 1.